The molecule has 5 nitrogen and oxygen atoms in total. The number of sulfonamides is 1. The first-order chi connectivity index (χ1) is 8.60. The van der Waals surface area contributed by atoms with Crippen LogP contribution in [0.1, 0.15) is 12.5 Å². The number of rotatable bonds is 7. The van der Waals surface area contributed by atoms with E-state index in [-0.39, 0.29) is 11.3 Å². The van der Waals surface area contributed by atoms with E-state index in [1.165, 1.54) is 12.1 Å². The van der Waals surface area contributed by atoms with Gasteiger partial charge in [-0.2, -0.15) is 5.26 Å². The van der Waals surface area contributed by atoms with Crippen molar-refractivity contribution < 1.29 is 8.42 Å². The summed E-state index contributed by atoms with van der Waals surface area (Å²) >= 11 is 0. The maximum atomic E-state index is 11.9. The number of likely N-dealkylation sites (N-methyl/N-ethyl adjacent to an activating group) is 1. The molecule has 0 aliphatic carbocycles. The van der Waals surface area contributed by atoms with E-state index in [1.807, 2.05) is 13.0 Å². The molecular formula is C12H17N3O2S. The van der Waals surface area contributed by atoms with Gasteiger partial charge in [-0.05, 0) is 24.2 Å². The lowest BCUT2D eigenvalue weighted by atomic mass is 10.2. The van der Waals surface area contributed by atoms with Crippen LogP contribution in [0.3, 0.4) is 0 Å². The molecule has 2 N–H and O–H groups in total. The molecule has 0 heterocycles. The first-order valence-electron chi connectivity index (χ1n) is 5.76. The third-order valence-corrected chi connectivity index (χ3v) is 3.84. The first kappa shape index (κ1) is 14.6. The molecule has 0 radical (unpaired) electrons. The number of nitrogens with one attached hydrogen (secondary N) is 2. The topological polar surface area (TPSA) is 82.0 Å². The van der Waals surface area contributed by atoms with Crippen LogP contribution in [-0.4, -0.2) is 28.1 Å². The third-order valence-electron chi connectivity index (χ3n) is 2.36. The lowest BCUT2D eigenvalue weighted by Gasteiger charge is -2.07. The van der Waals surface area contributed by atoms with Crippen LogP contribution in [0.2, 0.25) is 0 Å². The maximum absolute atomic E-state index is 11.9. The minimum absolute atomic E-state index is 0.223. The molecule has 0 atom stereocenters. The van der Waals surface area contributed by atoms with E-state index in [0.29, 0.717) is 13.1 Å². The quantitative estimate of drug-likeness (QED) is 0.710. The molecule has 1 aromatic carbocycles. The van der Waals surface area contributed by atoms with Crippen molar-refractivity contribution >= 4 is 10.0 Å². The van der Waals surface area contributed by atoms with Crippen LogP contribution >= 0.6 is 0 Å². The summed E-state index contributed by atoms with van der Waals surface area (Å²) in [5.74, 6) is 0. The highest BCUT2D eigenvalue weighted by molar-refractivity contribution is 7.89. The van der Waals surface area contributed by atoms with E-state index >= 15 is 0 Å². The summed E-state index contributed by atoms with van der Waals surface area (Å²) < 4.78 is 26.2. The maximum Gasteiger partial charge on any atom is 0.240 e. The van der Waals surface area contributed by atoms with Crippen LogP contribution in [0.15, 0.2) is 29.2 Å². The van der Waals surface area contributed by atoms with Gasteiger partial charge in [0.15, 0.2) is 0 Å². The second kappa shape index (κ2) is 7.11. The van der Waals surface area contributed by atoms with Gasteiger partial charge in [0.1, 0.15) is 0 Å². The van der Waals surface area contributed by atoms with Crippen LogP contribution in [0.5, 0.6) is 0 Å². The van der Waals surface area contributed by atoms with Crippen molar-refractivity contribution in [3.8, 4) is 6.07 Å². The van der Waals surface area contributed by atoms with Gasteiger partial charge in [0.05, 0.1) is 17.4 Å². The van der Waals surface area contributed by atoms with Gasteiger partial charge in [-0.1, -0.05) is 19.1 Å². The summed E-state index contributed by atoms with van der Waals surface area (Å²) in [5.41, 5.74) is 0.809. The van der Waals surface area contributed by atoms with Crippen molar-refractivity contribution in [3.63, 3.8) is 0 Å². The minimum Gasteiger partial charge on any atom is -0.316 e. The molecule has 0 saturated heterocycles. The average Bonchev–Trinajstić information content (AvgIpc) is 2.36. The van der Waals surface area contributed by atoms with Gasteiger partial charge in [-0.3, -0.25) is 0 Å². The zero-order valence-corrected chi connectivity index (χ0v) is 11.1. The van der Waals surface area contributed by atoms with Crippen LogP contribution in [0.4, 0.5) is 0 Å². The van der Waals surface area contributed by atoms with Crippen molar-refractivity contribution in [1.29, 1.82) is 5.26 Å². The summed E-state index contributed by atoms with van der Waals surface area (Å²) in [7, 11) is -3.45. The van der Waals surface area contributed by atoms with Crippen LogP contribution in [0.25, 0.3) is 0 Å². The summed E-state index contributed by atoms with van der Waals surface area (Å²) in [6, 6.07) is 8.36. The van der Waals surface area contributed by atoms with E-state index in [4.69, 9.17) is 5.26 Å². The SMILES string of the molecule is CCNCCNS(=O)(=O)c1ccc(CC#N)cc1. The Kier molecular flexibility index (Phi) is 5.78. The zero-order chi connectivity index (χ0) is 13.4. The summed E-state index contributed by atoms with van der Waals surface area (Å²) in [5, 5.41) is 11.6. The van der Waals surface area contributed by atoms with Crippen molar-refractivity contribution in [3.05, 3.63) is 29.8 Å². The van der Waals surface area contributed by atoms with Crippen LogP contribution < -0.4 is 10.0 Å². The van der Waals surface area contributed by atoms with Crippen molar-refractivity contribution in [2.45, 2.75) is 18.2 Å². The molecule has 0 aliphatic rings. The first-order valence-corrected chi connectivity index (χ1v) is 7.24. The normalized spacial score (nSPS) is 11.1. The highest BCUT2D eigenvalue weighted by Crippen LogP contribution is 2.10. The Labute approximate surface area is 108 Å². The molecular weight excluding hydrogens is 250 g/mol. The zero-order valence-electron chi connectivity index (χ0n) is 10.3. The van der Waals surface area contributed by atoms with Gasteiger partial charge in [-0.25, -0.2) is 13.1 Å². The van der Waals surface area contributed by atoms with Gasteiger partial charge >= 0.3 is 0 Å². The van der Waals surface area contributed by atoms with E-state index < -0.39 is 10.0 Å². The predicted octanol–water partition coefficient (Wildman–Crippen LogP) is 0.640. The smallest absolute Gasteiger partial charge is 0.240 e. The molecule has 0 amide bonds. The molecule has 6 heteroatoms. The Hall–Kier alpha value is -1.42. The largest absolute Gasteiger partial charge is 0.316 e. The molecule has 0 aromatic heterocycles. The van der Waals surface area contributed by atoms with E-state index in [1.54, 1.807) is 12.1 Å². The Morgan fingerprint density at radius 2 is 1.89 bits per heavy atom. The minimum atomic E-state index is -3.45. The van der Waals surface area contributed by atoms with Crippen LogP contribution in [0, 0.1) is 11.3 Å². The number of hydrogen-bond acceptors (Lipinski definition) is 4. The molecule has 0 aliphatic heterocycles. The lowest BCUT2D eigenvalue weighted by molar-refractivity contribution is 0.577. The second-order valence-electron chi connectivity index (χ2n) is 3.73. The fourth-order valence-electron chi connectivity index (χ4n) is 1.41. The Bertz CT molecular complexity index is 503. The highest BCUT2D eigenvalue weighted by Gasteiger charge is 2.12. The summed E-state index contributed by atoms with van der Waals surface area (Å²) in [6.07, 6.45) is 0.286. The van der Waals surface area contributed by atoms with Gasteiger partial charge in [0, 0.05) is 13.1 Å². The fourth-order valence-corrected chi connectivity index (χ4v) is 2.44. The second-order valence-corrected chi connectivity index (χ2v) is 5.50. The Balaban J connectivity index is 2.64. The Morgan fingerprint density at radius 3 is 2.44 bits per heavy atom. The van der Waals surface area contributed by atoms with Gasteiger partial charge in [0.2, 0.25) is 10.0 Å². The summed E-state index contributed by atoms with van der Waals surface area (Å²) in [4.78, 5) is 0.223. The van der Waals surface area contributed by atoms with Crippen molar-refractivity contribution in [2.24, 2.45) is 0 Å². The molecule has 0 spiro atoms. The monoisotopic (exact) mass is 267 g/mol. The van der Waals surface area contributed by atoms with Crippen molar-refractivity contribution in [1.82, 2.24) is 10.0 Å². The molecule has 0 saturated carbocycles. The van der Waals surface area contributed by atoms with Crippen molar-refractivity contribution in [2.75, 3.05) is 19.6 Å². The molecule has 1 aromatic rings. The van der Waals surface area contributed by atoms with E-state index in [2.05, 4.69) is 10.0 Å². The standard InChI is InChI=1S/C12H17N3O2S/c1-2-14-9-10-15-18(16,17)12-5-3-11(4-6-12)7-8-13/h3-6,14-15H,2,7,9-10H2,1H3. The molecule has 1 rings (SSSR count). The molecule has 18 heavy (non-hydrogen) atoms. The molecule has 0 fully saturated rings. The van der Waals surface area contributed by atoms with Gasteiger partial charge in [-0.15, -0.1) is 0 Å². The number of nitriles is 1. The van der Waals surface area contributed by atoms with Gasteiger partial charge < -0.3 is 5.32 Å². The Morgan fingerprint density at radius 1 is 1.22 bits per heavy atom. The fraction of sp³-hybridized carbons (Fsp3) is 0.417. The highest BCUT2D eigenvalue weighted by atomic mass is 32.2. The number of nitrogens with zero attached hydrogens (tertiary/aromatic N) is 1. The predicted molar refractivity (Wildman–Crippen MR) is 69.5 cm³/mol. The lowest BCUT2D eigenvalue weighted by Crippen LogP contribution is -2.31. The number of hydrogen-bond donors (Lipinski definition) is 2. The van der Waals surface area contributed by atoms with E-state index in [9.17, 15) is 8.42 Å². The van der Waals surface area contributed by atoms with E-state index in [0.717, 1.165) is 12.1 Å². The van der Waals surface area contributed by atoms with Crippen LogP contribution in [-0.2, 0) is 16.4 Å². The molecule has 98 valence electrons. The number of benzene rings is 1. The molecule has 0 unspecified atom stereocenters. The molecule has 0 bridgehead atoms. The van der Waals surface area contributed by atoms with Gasteiger partial charge in [0.25, 0.3) is 0 Å². The third kappa shape index (κ3) is 4.45. The average molecular weight is 267 g/mol. The summed E-state index contributed by atoms with van der Waals surface area (Å²) in [6.45, 7) is 3.73.